The molecule has 2 aromatic rings. The first-order valence-electron chi connectivity index (χ1n) is 8.72. The van der Waals surface area contributed by atoms with Gasteiger partial charge < -0.3 is 14.4 Å². The molecule has 2 heterocycles. The number of piperidine rings is 1. The predicted molar refractivity (Wildman–Crippen MR) is 95.7 cm³/mol. The summed E-state index contributed by atoms with van der Waals surface area (Å²) in [5.41, 5.74) is 0.332. The Morgan fingerprint density at radius 2 is 2.08 bits per heavy atom. The highest BCUT2D eigenvalue weighted by Crippen LogP contribution is 2.31. The van der Waals surface area contributed by atoms with E-state index in [4.69, 9.17) is 9.47 Å². The predicted octanol–water partition coefficient (Wildman–Crippen LogP) is 3.15. The number of halogens is 1. The van der Waals surface area contributed by atoms with Gasteiger partial charge >= 0.3 is 5.97 Å². The molecule has 1 aromatic heterocycles. The number of carbonyl (C=O) groups is 2. The summed E-state index contributed by atoms with van der Waals surface area (Å²) in [5, 5.41) is 0.456. The minimum absolute atomic E-state index is 0.0430. The third-order valence-corrected chi connectivity index (χ3v) is 5.17. The Labute approximate surface area is 154 Å². The molecule has 1 aliphatic heterocycles. The summed E-state index contributed by atoms with van der Waals surface area (Å²) in [5.74, 6) is -0.740. The van der Waals surface area contributed by atoms with E-state index in [2.05, 4.69) is 4.98 Å². The van der Waals surface area contributed by atoms with Crippen molar-refractivity contribution in [2.75, 3.05) is 19.7 Å². The van der Waals surface area contributed by atoms with Crippen LogP contribution in [-0.2, 0) is 14.3 Å². The molecule has 0 radical (unpaired) electrons. The second kappa shape index (κ2) is 8.44. The number of esters is 1. The topological polar surface area (TPSA) is 68.7 Å². The van der Waals surface area contributed by atoms with Crippen molar-refractivity contribution in [1.82, 2.24) is 9.88 Å². The number of rotatable bonds is 6. The first kappa shape index (κ1) is 18.6. The molecule has 0 unspecified atom stereocenters. The highest BCUT2D eigenvalue weighted by Gasteiger charge is 2.25. The van der Waals surface area contributed by atoms with Gasteiger partial charge in [0.15, 0.2) is 0 Å². The van der Waals surface area contributed by atoms with Gasteiger partial charge in [-0.2, -0.15) is 4.98 Å². The van der Waals surface area contributed by atoms with Crippen LogP contribution in [-0.4, -0.2) is 47.6 Å². The van der Waals surface area contributed by atoms with E-state index in [1.807, 2.05) is 6.07 Å². The standard InChI is InChI=1S/C18H21FN2O4S/c1-2-24-16(23)7-6-15(22)21-10-8-12(9-11-21)25-18-20-17-13(19)4-3-5-14(17)26-18/h3-5,12H,2,6-11H2,1H3. The SMILES string of the molecule is CCOC(=O)CCC(=O)N1CCC(Oc2nc3c(F)cccc3s2)CC1. The second-order valence-corrected chi connectivity index (χ2v) is 7.06. The normalized spacial score (nSPS) is 15.2. The maximum Gasteiger partial charge on any atom is 0.306 e. The molecule has 8 heteroatoms. The van der Waals surface area contributed by atoms with Crippen LogP contribution >= 0.6 is 11.3 Å². The Bertz CT molecular complexity index is 787. The van der Waals surface area contributed by atoms with Crippen LogP contribution in [0.4, 0.5) is 4.39 Å². The summed E-state index contributed by atoms with van der Waals surface area (Å²) >= 11 is 1.32. The zero-order valence-corrected chi connectivity index (χ0v) is 15.4. The number of ether oxygens (including phenoxy) is 2. The van der Waals surface area contributed by atoms with Crippen molar-refractivity contribution in [3.63, 3.8) is 0 Å². The number of hydrogen-bond acceptors (Lipinski definition) is 6. The Balaban J connectivity index is 1.48. The number of fused-ring (bicyclic) bond motifs is 1. The third-order valence-electron chi connectivity index (χ3n) is 4.26. The van der Waals surface area contributed by atoms with Crippen LogP contribution in [0.1, 0.15) is 32.6 Å². The van der Waals surface area contributed by atoms with Crippen LogP contribution in [0.3, 0.4) is 0 Å². The van der Waals surface area contributed by atoms with Crippen LogP contribution in [0.2, 0.25) is 0 Å². The molecule has 0 spiro atoms. The molecule has 0 aliphatic carbocycles. The fourth-order valence-electron chi connectivity index (χ4n) is 2.91. The fourth-order valence-corrected chi connectivity index (χ4v) is 3.81. The molecular formula is C18H21FN2O4S. The summed E-state index contributed by atoms with van der Waals surface area (Å²) in [7, 11) is 0. The van der Waals surface area contributed by atoms with Crippen LogP contribution in [0.15, 0.2) is 18.2 Å². The first-order valence-corrected chi connectivity index (χ1v) is 9.53. The maximum atomic E-state index is 13.7. The molecule has 6 nitrogen and oxygen atoms in total. The van der Waals surface area contributed by atoms with Crippen LogP contribution in [0.5, 0.6) is 5.19 Å². The quantitative estimate of drug-likeness (QED) is 0.720. The zero-order valence-electron chi connectivity index (χ0n) is 14.6. The van der Waals surface area contributed by atoms with Crippen LogP contribution < -0.4 is 4.74 Å². The minimum atomic E-state index is -0.351. The highest BCUT2D eigenvalue weighted by molar-refractivity contribution is 7.20. The van der Waals surface area contributed by atoms with Crippen molar-refractivity contribution >= 4 is 33.4 Å². The van der Waals surface area contributed by atoms with Gasteiger partial charge in [-0.05, 0) is 19.1 Å². The molecule has 3 rings (SSSR count). The van der Waals surface area contributed by atoms with Gasteiger partial charge in [0.1, 0.15) is 17.4 Å². The smallest absolute Gasteiger partial charge is 0.306 e. The summed E-state index contributed by atoms with van der Waals surface area (Å²) in [6.07, 6.45) is 1.60. The number of amides is 1. The number of hydrogen-bond donors (Lipinski definition) is 0. The number of benzene rings is 1. The van der Waals surface area contributed by atoms with Gasteiger partial charge in [-0.1, -0.05) is 17.4 Å². The molecule has 1 amide bonds. The average Bonchev–Trinajstić information content (AvgIpc) is 3.04. The monoisotopic (exact) mass is 380 g/mol. The van der Waals surface area contributed by atoms with Gasteiger partial charge in [-0.15, -0.1) is 0 Å². The van der Waals surface area contributed by atoms with E-state index in [9.17, 15) is 14.0 Å². The largest absolute Gasteiger partial charge is 0.467 e. The lowest BCUT2D eigenvalue weighted by Gasteiger charge is -2.31. The lowest BCUT2D eigenvalue weighted by atomic mass is 10.1. The number of para-hydroxylation sites is 1. The van der Waals surface area contributed by atoms with Gasteiger partial charge in [0.05, 0.1) is 17.7 Å². The summed E-state index contributed by atoms with van der Waals surface area (Å²) < 4.78 is 25.2. The Kier molecular flexibility index (Phi) is 6.03. The second-order valence-electron chi connectivity index (χ2n) is 6.07. The highest BCUT2D eigenvalue weighted by atomic mass is 32.1. The molecule has 140 valence electrons. The zero-order chi connectivity index (χ0) is 18.5. The molecule has 0 bridgehead atoms. The van der Waals surface area contributed by atoms with Gasteiger partial charge in [-0.3, -0.25) is 9.59 Å². The number of aromatic nitrogens is 1. The summed E-state index contributed by atoms with van der Waals surface area (Å²) in [6.45, 7) is 3.22. The molecular weight excluding hydrogens is 359 g/mol. The van der Waals surface area contributed by atoms with Crippen molar-refractivity contribution < 1.29 is 23.5 Å². The van der Waals surface area contributed by atoms with Crippen molar-refractivity contribution in [2.24, 2.45) is 0 Å². The van der Waals surface area contributed by atoms with E-state index in [0.717, 1.165) is 4.70 Å². The van der Waals surface area contributed by atoms with Gasteiger partial charge in [-0.25, -0.2) is 4.39 Å². The molecule has 1 aliphatic rings. The molecule has 0 saturated carbocycles. The fraction of sp³-hybridized carbons (Fsp3) is 0.500. The number of likely N-dealkylation sites (tertiary alicyclic amines) is 1. The Morgan fingerprint density at radius 3 is 2.77 bits per heavy atom. The Hall–Kier alpha value is -2.22. The summed E-state index contributed by atoms with van der Waals surface area (Å²) in [4.78, 5) is 29.5. The first-order chi connectivity index (χ1) is 12.6. The van der Waals surface area contributed by atoms with Crippen molar-refractivity contribution in [2.45, 2.75) is 38.7 Å². The lowest BCUT2D eigenvalue weighted by Crippen LogP contribution is -2.41. The van der Waals surface area contributed by atoms with Crippen molar-refractivity contribution in [3.05, 3.63) is 24.0 Å². The molecule has 1 aromatic carbocycles. The molecule has 1 fully saturated rings. The van der Waals surface area contributed by atoms with E-state index in [-0.39, 0.29) is 36.6 Å². The van der Waals surface area contributed by atoms with Gasteiger partial charge in [0, 0.05) is 32.4 Å². The van der Waals surface area contributed by atoms with Gasteiger partial charge in [0.25, 0.3) is 5.19 Å². The van der Waals surface area contributed by atoms with E-state index in [0.29, 0.717) is 43.2 Å². The molecule has 1 saturated heterocycles. The molecule has 0 atom stereocenters. The van der Waals surface area contributed by atoms with Crippen molar-refractivity contribution in [1.29, 1.82) is 0 Å². The third kappa shape index (κ3) is 4.49. The minimum Gasteiger partial charge on any atom is -0.467 e. The van der Waals surface area contributed by atoms with Crippen LogP contribution in [0.25, 0.3) is 10.2 Å². The van der Waals surface area contributed by atoms with Gasteiger partial charge in [0.2, 0.25) is 5.91 Å². The molecule has 26 heavy (non-hydrogen) atoms. The van der Waals surface area contributed by atoms with E-state index in [1.54, 1.807) is 17.9 Å². The molecule has 0 N–H and O–H groups in total. The number of thiazole rings is 1. The number of nitrogens with zero attached hydrogens (tertiary/aromatic N) is 2. The summed E-state index contributed by atoms with van der Waals surface area (Å²) in [6, 6.07) is 4.85. The number of carbonyl (C=O) groups excluding carboxylic acids is 2. The maximum absolute atomic E-state index is 13.7. The van der Waals surface area contributed by atoms with Crippen LogP contribution in [0, 0.1) is 5.82 Å². The lowest BCUT2D eigenvalue weighted by molar-refractivity contribution is -0.146. The van der Waals surface area contributed by atoms with E-state index in [1.165, 1.54) is 17.4 Å². The van der Waals surface area contributed by atoms with E-state index < -0.39 is 0 Å². The van der Waals surface area contributed by atoms with Crippen molar-refractivity contribution in [3.8, 4) is 5.19 Å². The van der Waals surface area contributed by atoms with E-state index >= 15 is 0 Å². The Morgan fingerprint density at radius 1 is 1.31 bits per heavy atom. The average molecular weight is 380 g/mol.